The summed E-state index contributed by atoms with van der Waals surface area (Å²) in [4.78, 5) is 23.2. The lowest BCUT2D eigenvalue weighted by molar-refractivity contribution is -0.125. The summed E-state index contributed by atoms with van der Waals surface area (Å²) in [5.41, 5.74) is 10.0. The van der Waals surface area contributed by atoms with Crippen LogP contribution in [-0.2, 0) is 11.8 Å². The minimum atomic E-state index is -0.0385. The van der Waals surface area contributed by atoms with Gasteiger partial charge in [-0.2, -0.15) is 0 Å². The van der Waals surface area contributed by atoms with Crippen LogP contribution in [0.15, 0.2) is 55.4 Å². The Bertz CT molecular complexity index is 1270. The predicted molar refractivity (Wildman–Crippen MR) is 113 cm³/mol. The fourth-order valence-corrected chi connectivity index (χ4v) is 4.37. The molecule has 7 heteroatoms. The molecule has 1 aliphatic rings. The second-order valence-corrected chi connectivity index (χ2v) is 7.47. The monoisotopic (exact) mass is 386 g/mol. The minimum absolute atomic E-state index is 0.0385. The van der Waals surface area contributed by atoms with Crippen LogP contribution < -0.4 is 5.73 Å². The number of aryl methyl sites for hydroxylation is 1. The van der Waals surface area contributed by atoms with Crippen molar-refractivity contribution < 1.29 is 4.79 Å². The maximum Gasteiger partial charge on any atom is 0.245 e. The predicted octanol–water partition coefficient (Wildman–Crippen LogP) is 2.97. The molecule has 0 aliphatic carbocycles. The van der Waals surface area contributed by atoms with Crippen molar-refractivity contribution in [1.82, 2.24) is 23.8 Å². The zero-order valence-corrected chi connectivity index (χ0v) is 16.2. The highest BCUT2D eigenvalue weighted by Gasteiger charge is 2.31. The maximum atomic E-state index is 12.0. The van der Waals surface area contributed by atoms with Gasteiger partial charge in [0, 0.05) is 49.4 Å². The number of carbonyl (C=O) groups excluding carboxylic acids is 1. The van der Waals surface area contributed by atoms with Gasteiger partial charge < -0.3 is 15.2 Å². The number of nitrogens with zero attached hydrogens (tertiary/aromatic N) is 5. The first-order valence-corrected chi connectivity index (χ1v) is 9.67. The fraction of sp³-hybridized carbons (Fsp3) is 0.227. The molecular formula is C22H22N6O. The molecule has 1 amide bonds. The molecule has 3 aromatic heterocycles. The Morgan fingerprint density at radius 2 is 2.17 bits per heavy atom. The summed E-state index contributed by atoms with van der Waals surface area (Å²) in [6.45, 7) is 4.93. The van der Waals surface area contributed by atoms with Gasteiger partial charge in [0.1, 0.15) is 22.9 Å². The van der Waals surface area contributed by atoms with Crippen LogP contribution in [-0.4, -0.2) is 42.8 Å². The van der Waals surface area contributed by atoms with Crippen molar-refractivity contribution in [2.75, 3.05) is 18.8 Å². The van der Waals surface area contributed by atoms with E-state index in [-0.39, 0.29) is 11.8 Å². The van der Waals surface area contributed by atoms with Crippen molar-refractivity contribution in [3.8, 4) is 11.4 Å². The quantitative estimate of drug-likeness (QED) is 0.549. The number of likely N-dealkylation sites (tertiary alicyclic amines) is 1. The average Bonchev–Trinajstić information content (AvgIpc) is 3.44. The van der Waals surface area contributed by atoms with E-state index in [1.54, 1.807) is 6.20 Å². The third-order valence-electron chi connectivity index (χ3n) is 5.84. The molecule has 0 saturated carbocycles. The van der Waals surface area contributed by atoms with Crippen LogP contribution in [0, 0.1) is 0 Å². The number of imidazole rings is 1. The molecule has 0 spiro atoms. The van der Waals surface area contributed by atoms with Crippen molar-refractivity contribution in [3.05, 3.63) is 61.2 Å². The van der Waals surface area contributed by atoms with Gasteiger partial charge in [-0.3, -0.25) is 9.20 Å². The van der Waals surface area contributed by atoms with E-state index < -0.39 is 0 Å². The van der Waals surface area contributed by atoms with Gasteiger partial charge in [-0.15, -0.1) is 0 Å². The molecule has 2 N–H and O–H groups in total. The van der Waals surface area contributed by atoms with E-state index in [0.717, 1.165) is 40.1 Å². The highest BCUT2D eigenvalue weighted by Crippen LogP contribution is 2.35. The third-order valence-corrected chi connectivity index (χ3v) is 5.84. The average molecular weight is 386 g/mol. The van der Waals surface area contributed by atoms with Crippen molar-refractivity contribution >= 4 is 28.1 Å². The molecule has 5 rings (SSSR count). The molecule has 1 saturated heterocycles. The molecule has 1 aliphatic heterocycles. The smallest absolute Gasteiger partial charge is 0.245 e. The van der Waals surface area contributed by atoms with Crippen molar-refractivity contribution in [3.63, 3.8) is 0 Å². The fourth-order valence-electron chi connectivity index (χ4n) is 4.37. The van der Waals surface area contributed by atoms with Crippen molar-refractivity contribution in [2.24, 2.45) is 7.05 Å². The van der Waals surface area contributed by atoms with E-state index in [0.29, 0.717) is 18.9 Å². The van der Waals surface area contributed by atoms with Crippen LogP contribution in [0.1, 0.15) is 18.2 Å². The molecule has 29 heavy (non-hydrogen) atoms. The van der Waals surface area contributed by atoms with Gasteiger partial charge in [-0.25, -0.2) is 9.97 Å². The zero-order valence-electron chi connectivity index (χ0n) is 16.2. The molecule has 7 nitrogen and oxygen atoms in total. The van der Waals surface area contributed by atoms with Gasteiger partial charge in [-0.05, 0) is 24.6 Å². The number of nitrogen functional groups attached to an aromatic ring is 1. The molecule has 1 atom stereocenters. The Morgan fingerprint density at radius 1 is 1.34 bits per heavy atom. The standard InChI is InChI=1S/C22H22N6O/c1-3-18(29)27-10-8-15(13-27)22-25-19(20-21(23)24-9-11-28(20)22)17-12-14-6-4-5-7-16(14)26(17)2/h3-7,9,11-12,15H,1,8,10,13H2,2H3,(H2,23,24)/t15-/m0/s1. The maximum absolute atomic E-state index is 12.0. The molecule has 1 aromatic carbocycles. The topological polar surface area (TPSA) is 81.5 Å². The molecule has 4 aromatic rings. The Labute approximate surface area is 168 Å². The summed E-state index contributed by atoms with van der Waals surface area (Å²) >= 11 is 0. The number of hydrogen-bond donors (Lipinski definition) is 1. The first kappa shape index (κ1) is 17.5. The van der Waals surface area contributed by atoms with Gasteiger partial charge in [-0.1, -0.05) is 24.8 Å². The normalized spacial score (nSPS) is 16.7. The summed E-state index contributed by atoms with van der Waals surface area (Å²) in [7, 11) is 2.04. The van der Waals surface area contributed by atoms with Crippen molar-refractivity contribution in [2.45, 2.75) is 12.3 Å². The Hall–Kier alpha value is -3.61. The molecule has 4 heterocycles. The van der Waals surface area contributed by atoms with Crippen LogP contribution >= 0.6 is 0 Å². The molecule has 146 valence electrons. The number of hydrogen-bond acceptors (Lipinski definition) is 4. The molecule has 0 unspecified atom stereocenters. The number of aromatic nitrogens is 4. The first-order valence-electron chi connectivity index (χ1n) is 9.67. The SMILES string of the molecule is C=CC(=O)N1CC[C@H](c2nc(-c3cc4ccccc4n3C)c3c(N)nccn23)C1. The first-order chi connectivity index (χ1) is 14.1. The number of benzene rings is 1. The number of amides is 1. The summed E-state index contributed by atoms with van der Waals surface area (Å²) < 4.78 is 4.16. The molecule has 0 radical (unpaired) electrons. The molecular weight excluding hydrogens is 364 g/mol. The molecule has 0 bridgehead atoms. The number of rotatable bonds is 3. The van der Waals surface area contributed by atoms with Crippen LogP contribution in [0.4, 0.5) is 5.82 Å². The third kappa shape index (κ3) is 2.61. The van der Waals surface area contributed by atoms with Crippen LogP contribution in [0.5, 0.6) is 0 Å². The Morgan fingerprint density at radius 3 is 2.97 bits per heavy atom. The van der Waals surface area contributed by atoms with E-state index >= 15 is 0 Å². The van der Waals surface area contributed by atoms with Gasteiger partial charge in [0.05, 0.1) is 5.69 Å². The van der Waals surface area contributed by atoms with Gasteiger partial charge >= 0.3 is 0 Å². The number of fused-ring (bicyclic) bond motifs is 2. The highest BCUT2D eigenvalue weighted by atomic mass is 16.2. The zero-order chi connectivity index (χ0) is 20.1. The number of carbonyl (C=O) groups is 1. The van der Waals surface area contributed by atoms with Gasteiger partial charge in [0.2, 0.25) is 5.91 Å². The number of anilines is 1. The summed E-state index contributed by atoms with van der Waals surface area (Å²) in [6.07, 6.45) is 5.82. The number of para-hydroxylation sites is 1. The van der Waals surface area contributed by atoms with E-state index in [4.69, 9.17) is 10.7 Å². The largest absolute Gasteiger partial charge is 0.382 e. The second kappa shape index (κ2) is 6.48. The van der Waals surface area contributed by atoms with E-state index in [9.17, 15) is 4.79 Å². The lowest BCUT2D eigenvalue weighted by atomic mass is 10.1. The Balaban J connectivity index is 1.68. The van der Waals surface area contributed by atoms with Crippen molar-refractivity contribution in [1.29, 1.82) is 0 Å². The lowest BCUT2D eigenvalue weighted by Crippen LogP contribution is -2.26. The van der Waals surface area contributed by atoms with Crippen LogP contribution in [0.2, 0.25) is 0 Å². The summed E-state index contributed by atoms with van der Waals surface area (Å²) in [5.74, 6) is 1.46. The minimum Gasteiger partial charge on any atom is -0.382 e. The summed E-state index contributed by atoms with van der Waals surface area (Å²) in [6, 6.07) is 10.4. The Kier molecular flexibility index (Phi) is 3.91. The summed E-state index contributed by atoms with van der Waals surface area (Å²) in [5, 5.41) is 1.15. The van der Waals surface area contributed by atoms with Gasteiger partial charge in [0.15, 0.2) is 0 Å². The molecule has 1 fully saturated rings. The van der Waals surface area contributed by atoms with Gasteiger partial charge in [0.25, 0.3) is 0 Å². The highest BCUT2D eigenvalue weighted by molar-refractivity contribution is 5.92. The van der Waals surface area contributed by atoms with Crippen LogP contribution in [0.25, 0.3) is 27.8 Å². The van der Waals surface area contributed by atoms with E-state index in [1.165, 1.54) is 6.08 Å². The lowest BCUT2D eigenvalue weighted by Gasteiger charge is -2.13. The second-order valence-electron chi connectivity index (χ2n) is 7.47. The van der Waals surface area contributed by atoms with E-state index in [2.05, 4.69) is 34.3 Å². The van der Waals surface area contributed by atoms with Crippen LogP contribution in [0.3, 0.4) is 0 Å². The van der Waals surface area contributed by atoms with E-state index in [1.807, 2.05) is 34.7 Å². The number of nitrogens with two attached hydrogens (primary N) is 1.